The molecular formula is C17H13Cl4N3O5. The first kappa shape index (κ1) is 21.7. The van der Waals surface area contributed by atoms with E-state index in [2.05, 4.69) is 4.98 Å². The third kappa shape index (κ3) is 4.78. The van der Waals surface area contributed by atoms with Crippen LogP contribution in [0.2, 0.25) is 20.2 Å². The predicted octanol–water partition coefficient (Wildman–Crippen LogP) is 3.43. The molecular weight excluding hydrogens is 468 g/mol. The third-order valence-corrected chi connectivity index (χ3v) is 5.83. The number of hydrogen-bond donors (Lipinski definition) is 0. The molecule has 12 heteroatoms. The molecule has 0 radical (unpaired) electrons. The molecule has 0 aliphatic carbocycles. The molecule has 2 amide bonds. The Bertz CT molecular complexity index is 943. The van der Waals surface area contributed by atoms with Gasteiger partial charge in [0, 0.05) is 26.2 Å². The lowest BCUT2D eigenvalue weighted by Gasteiger charge is -2.34. The number of aromatic nitrogens is 1. The number of nitrogens with zero attached hydrogens (tertiary/aromatic N) is 3. The van der Waals surface area contributed by atoms with Gasteiger partial charge in [-0.05, 0) is 12.1 Å². The maximum atomic E-state index is 12.3. The Hall–Kier alpha value is -2.00. The lowest BCUT2D eigenvalue weighted by Crippen LogP contribution is -2.51. The van der Waals surface area contributed by atoms with Gasteiger partial charge >= 0.3 is 5.97 Å². The number of pyridine rings is 1. The highest BCUT2D eigenvalue weighted by atomic mass is 35.5. The largest absolute Gasteiger partial charge is 0.459 e. The molecule has 0 saturated carbocycles. The van der Waals surface area contributed by atoms with Gasteiger partial charge in [-0.2, -0.15) is 0 Å². The van der Waals surface area contributed by atoms with Crippen molar-refractivity contribution in [3.8, 4) is 0 Å². The molecule has 2 aromatic rings. The van der Waals surface area contributed by atoms with Gasteiger partial charge < -0.3 is 19.0 Å². The van der Waals surface area contributed by atoms with Crippen LogP contribution in [0.3, 0.4) is 0 Å². The first-order valence-electron chi connectivity index (χ1n) is 8.27. The molecule has 2 aromatic heterocycles. The Balaban J connectivity index is 1.53. The average molecular weight is 481 g/mol. The minimum atomic E-state index is -0.963. The first-order chi connectivity index (χ1) is 13.8. The molecule has 1 fully saturated rings. The van der Waals surface area contributed by atoms with Gasteiger partial charge in [0.15, 0.2) is 18.1 Å². The number of halogens is 4. The molecule has 154 valence electrons. The average Bonchev–Trinajstić information content (AvgIpc) is 3.27. The molecule has 3 heterocycles. The van der Waals surface area contributed by atoms with Crippen molar-refractivity contribution in [3.05, 3.63) is 50.1 Å². The topological polar surface area (TPSA) is 93.0 Å². The monoisotopic (exact) mass is 479 g/mol. The number of ether oxygens (including phenoxy) is 1. The van der Waals surface area contributed by atoms with Crippen molar-refractivity contribution in [2.75, 3.05) is 32.8 Å². The highest BCUT2D eigenvalue weighted by Gasteiger charge is 2.27. The Morgan fingerprint density at radius 3 is 2.28 bits per heavy atom. The third-order valence-electron chi connectivity index (χ3n) is 4.16. The molecule has 1 aliphatic heterocycles. The fourth-order valence-electron chi connectivity index (χ4n) is 2.62. The van der Waals surface area contributed by atoms with Crippen molar-refractivity contribution in [2.24, 2.45) is 0 Å². The number of esters is 1. The number of rotatable bonds is 4. The fourth-order valence-corrected chi connectivity index (χ4v) is 3.43. The van der Waals surface area contributed by atoms with Crippen molar-refractivity contribution in [1.82, 2.24) is 14.8 Å². The van der Waals surface area contributed by atoms with Gasteiger partial charge in [0.1, 0.15) is 5.15 Å². The maximum absolute atomic E-state index is 12.3. The van der Waals surface area contributed by atoms with E-state index in [4.69, 9.17) is 55.6 Å². The highest BCUT2D eigenvalue weighted by molar-refractivity contribution is 6.52. The van der Waals surface area contributed by atoms with Crippen LogP contribution in [0, 0.1) is 0 Å². The van der Waals surface area contributed by atoms with E-state index in [9.17, 15) is 14.4 Å². The van der Waals surface area contributed by atoms with Crippen molar-refractivity contribution in [2.45, 2.75) is 0 Å². The van der Waals surface area contributed by atoms with Crippen LogP contribution in [-0.2, 0) is 9.53 Å². The Labute approximate surface area is 185 Å². The zero-order valence-electron chi connectivity index (χ0n) is 14.7. The number of piperazine rings is 1. The number of carbonyl (C=O) groups is 3. The molecule has 1 saturated heterocycles. The summed E-state index contributed by atoms with van der Waals surface area (Å²) >= 11 is 23.4. The van der Waals surface area contributed by atoms with Crippen LogP contribution in [0.1, 0.15) is 21.0 Å². The predicted molar refractivity (Wildman–Crippen MR) is 106 cm³/mol. The summed E-state index contributed by atoms with van der Waals surface area (Å²) in [5.41, 5.74) is -0.340. The van der Waals surface area contributed by atoms with Crippen LogP contribution in [0.25, 0.3) is 0 Å². The van der Waals surface area contributed by atoms with E-state index in [0.717, 1.165) is 0 Å². The van der Waals surface area contributed by atoms with Crippen LogP contribution in [0.15, 0.2) is 22.8 Å². The minimum absolute atomic E-state index is 0.0899. The Morgan fingerprint density at radius 2 is 1.66 bits per heavy atom. The van der Waals surface area contributed by atoms with E-state index in [1.54, 1.807) is 17.0 Å². The van der Waals surface area contributed by atoms with E-state index in [1.807, 2.05) is 0 Å². The lowest BCUT2D eigenvalue weighted by molar-refractivity contribution is -0.136. The molecule has 1 aliphatic rings. The standard InChI is InChI=1S/C17H13Cl4N3O5/c18-11-12(19)14(22-15(21)13(11)20)17(27)29-8-10(25)23-3-5-24(6-4-23)16(26)9-2-1-7-28-9/h1-2,7H,3-6,8H2. The quantitative estimate of drug-likeness (QED) is 0.491. The second-order valence-corrected chi connectivity index (χ2v) is 7.41. The zero-order valence-corrected chi connectivity index (χ0v) is 17.7. The summed E-state index contributed by atoms with van der Waals surface area (Å²) in [5, 5.41) is -0.655. The van der Waals surface area contributed by atoms with E-state index in [1.165, 1.54) is 11.2 Å². The van der Waals surface area contributed by atoms with Crippen LogP contribution < -0.4 is 0 Å². The van der Waals surface area contributed by atoms with E-state index >= 15 is 0 Å². The van der Waals surface area contributed by atoms with E-state index in [0.29, 0.717) is 26.2 Å². The van der Waals surface area contributed by atoms with Crippen LogP contribution >= 0.6 is 46.4 Å². The number of carbonyl (C=O) groups excluding carboxylic acids is 3. The van der Waals surface area contributed by atoms with Gasteiger partial charge in [0.25, 0.3) is 11.8 Å². The zero-order chi connectivity index (χ0) is 21.1. The maximum Gasteiger partial charge on any atom is 0.359 e. The van der Waals surface area contributed by atoms with Gasteiger partial charge in [0.2, 0.25) is 0 Å². The highest BCUT2D eigenvalue weighted by Crippen LogP contribution is 2.36. The van der Waals surface area contributed by atoms with Crippen molar-refractivity contribution in [3.63, 3.8) is 0 Å². The fraction of sp³-hybridized carbons (Fsp3) is 0.294. The van der Waals surface area contributed by atoms with Gasteiger partial charge in [-0.1, -0.05) is 46.4 Å². The van der Waals surface area contributed by atoms with Crippen molar-refractivity contribution >= 4 is 64.2 Å². The summed E-state index contributed by atoms with van der Waals surface area (Å²) < 4.78 is 10.1. The van der Waals surface area contributed by atoms with E-state index in [-0.39, 0.29) is 37.6 Å². The summed E-state index contributed by atoms with van der Waals surface area (Å²) in [7, 11) is 0. The Morgan fingerprint density at radius 1 is 1.00 bits per heavy atom. The molecule has 0 atom stereocenters. The number of furan rings is 1. The summed E-state index contributed by atoms with van der Waals surface area (Å²) in [6, 6.07) is 3.21. The van der Waals surface area contributed by atoms with E-state index < -0.39 is 18.5 Å². The van der Waals surface area contributed by atoms with Crippen LogP contribution in [0.4, 0.5) is 0 Å². The smallest absolute Gasteiger partial charge is 0.359 e. The number of amides is 2. The second-order valence-electron chi connectivity index (χ2n) is 5.92. The first-order valence-corrected chi connectivity index (χ1v) is 9.78. The minimum Gasteiger partial charge on any atom is -0.459 e. The summed E-state index contributed by atoms with van der Waals surface area (Å²) in [6.45, 7) is 0.714. The molecule has 0 aromatic carbocycles. The SMILES string of the molecule is O=C(OCC(=O)N1CCN(C(=O)c2ccco2)CC1)c1nc(Cl)c(Cl)c(Cl)c1Cl. The van der Waals surface area contributed by atoms with Crippen LogP contribution in [-0.4, -0.2) is 65.4 Å². The lowest BCUT2D eigenvalue weighted by atomic mass is 10.3. The molecule has 0 spiro atoms. The molecule has 3 rings (SSSR count). The van der Waals surface area contributed by atoms with Crippen molar-refractivity contribution in [1.29, 1.82) is 0 Å². The molecule has 0 N–H and O–H groups in total. The Kier molecular flexibility index (Phi) is 6.89. The van der Waals surface area contributed by atoms with Gasteiger partial charge in [-0.25, -0.2) is 9.78 Å². The summed E-state index contributed by atoms with van der Waals surface area (Å²) in [6.07, 6.45) is 1.42. The summed E-state index contributed by atoms with van der Waals surface area (Å²) in [5.74, 6) is -1.39. The normalized spacial score (nSPS) is 14.1. The summed E-state index contributed by atoms with van der Waals surface area (Å²) in [4.78, 5) is 43.5. The van der Waals surface area contributed by atoms with Gasteiger partial charge in [0.05, 0.1) is 21.3 Å². The molecule has 0 bridgehead atoms. The van der Waals surface area contributed by atoms with Crippen molar-refractivity contribution < 1.29 is 23.5 Å². The van der Waals surface area contributed by atoms with Gasteiger partial charge in [-0.15, -0.1) is 0 Å². The number of hydrogen-bond acceptors (Lipinski definition) is 6. The molecule has 8 nitrogen and oxygen atoms in total. The molecule has 0 unspecified atom stereocenters. The van der Waals surface area contributed by atoms with Gasteiger partial charge in [-0.3, -0.25) is 9.59 Å². The van der Waals surface area contributed by atoms with Crippen LogP contribution in [0.5, 0.6) is 0 Å². The molecule has 29 heavy (non-hydrogen) atoms. The second kappa shape index (κ2) is 9.21.